The fourth-order valence-electron chi connectivity index (χ4n) is 3.81. The molecule has 0 fully saturated rings. The number of rotatable bonds is 7. The van der Waals surface area contributed by atoms with Gasteiger partial charge in [-0.05, 0) is 47.7 Å². The van der Waals surface area contributed by atoms with Crippen molar-refractivity contribution in [1.82, 2.24) is 0 Å². The molecule has 9 nitrogen and oxygen atoms in total. The first-order valence-electron chi connectivity index (χ1n) is 11.1. The number of carbonyl (C=O) groups excluding carboxylic acids is 1. The van der Waals surface area contributed by atoms with Crippen LogP contribution in [0.5, 0.6) is 11.5 Å². The van der Waals surface area contributed by atoms with Crippen LogP contribution in [0.2, 0.25) is 10.0 Å². The molecule has 0 saturated carbocycles. The highest BCUT2D eigenvalue weighted by atomic mass is 35.5. The number of methoxy groups -OCH3 is 1. The van der Waals surface area contributed by atoms with Crippen LogP contribution in [0.4, 0.5) is 17.1 Å². The molecule has 0 aliphatic heterocycles. The number of phenols is 1. The minimum atomic E-state index is -4.67. The number of halogens is 2. The summed E-state index contributed by atoms with van der Waals surface area (Å²) in [4.78, 5) is 12.7. The molecule has 0 bridgehead atoms. The standard InChI is InChI=1S/C26H21Cl2N3O6S/c1-3-14-12-22(38(34,35)36)20(13-19(14)28)30-31-23-16-8-5-4-7-15(16)11-17(25(23)32)26(33)29-24-18(27)9-6-10-21(24)37-2/h4-13,32H,3H2,1-2H3,(H,29,33)(H,34,35,36). The Labute approximate surface area is 228 Å². The molecule has 1 amide bonds. The summed E-state index contributed by atoms with van der Waals surface area (Å²) in [5, 5.41) is 23.3. The molecule has 4 rings (SSSR count). The van der Waals surface area contributed by atoms with Crippen LogP contribution in [-0.4, -0.2) is 31.1 Å². The Morgan fingerprint density at radius 2 is 1.76 bits per heavy atom. The number of hydrogen-bond donors (Lipinski definition) is 3. The molecule has 0 unspecified atom stereocenters. The SMILES string of the molecule is CCc1cc(S(=O)(=O)O)c(N=Nc2c(O)c(C(=O)Nc3c(Cl)cccc3OC)cc3ccccc23)cc1Cl. The molecule has 4 aromatic carbocycles. The number of nitrogens with zero attached hydrogens (tertiary/aromatic N) is 2. The third-order valence-corrected chi connectivity index (χ3v) is 7.27. The quantitative estimate of drug-likeness (QED) is 0.156. The van der Waals surface area contributed by atoms with E-state index in [4.69, 9.17) is 27.9 Å². The zero-order valence-electron chi connectivity index (χ0n) is 20.1. The van der Waals surface area contributed by atoms with Gasteiger partial charge in [-0.1, -0.05) is 60.5 Å². The Balaban J connectivity index is 1.86. The van der Waals surface area contributed by atoms with Gasteiger partial charge in [-0.3, -0.25) is 9.35 Å². The van der Waals surface area contributed by atoms with E-state index in [1.807, 2.05) is 0 Å². The average Bonchev–Trinajstić information content (AvgIpc) is 2.88. The van der Waals surface area contributed by atoms with E-state index < -0.39 is 26.7 Å². The van der Waals surface area contributed by atoms with E-state index >= 15 is 0 Å². The molecule has 196 valence electrons. The maximum Gasteiger partial charge on any atom is 0.296 e. The van der Waals surface area contributed by atoms with Gasteiger partial charge >= 0.3 is 0 Å². The Morgan fingerprint density at radius 3 is 2.45 bits per heavy atom. The molecule has 0 atom stereocenters. The van der Waals surface area contributed by atoms with E-state index in [2.05, 4.69) is 15.5 Å². The first-order chi connectivity index (χ1) is 18.0. The average molecular weight is 574 g/mol. The van der Waals surface area contributed by atoms with Gasteiger partial charge in [0.2, 0.25) is 0 Å². The molecule has 12 heteroatoms. The summed E-state index contributed by atoms with van der Waals surface area (Å²) in [7, 11) is -3.25. The van der Waals surface area contributed by atoms with Crippen molar-refractivity contribution in [3.05, 3.63) is 81.8 Å². The maximum absolute atomic E-state index is 13.2. The Morgan fingerprint density at radius 1 is 1.03 bits per heavy atom. The van der Waals surface area contributed by atoms with Crippen LogP contribution in [0.25, 0.3) is 10.8 Å². The van der Waals surface area contributed by atoms with Gasteiger partial charge in [0, 0.05) is 10.4 Å². The fourth-order valence-corrected chi connectivity index (χ4v) is 4.97. The third-order valence-electron chi connectivity index (χ3n) is 5.72. The van der Waals surface area contributed by atoms with E-state index in [1.54, 1.807) is 49.4 Å². The van der Waals surface area contributed by atoms with Crippen molar-refractivity contribution in [2.75, 3.05) is 12.4 Å². The summed E-state index contributed by atoms with van der Waals surface area (Å²) in [6, 6.07) is 15.6. The number of carbonyl (C=O) groups is 1. The van der Waals surface area contributed by atoms with Crippen LogP contribution < -0.4 is 10.1 Å². The van der Waals surface area contributed by atoms with Crippen molar-refractivity contribution in [2.24, 2.45) is 10.2 Å². The summed E-state index contributed by atoms with van der Waals surface area (Å²) in [5.41, 5.74) is 0.209. The van der Waals surface area contributed by atoms with Crippen molar-refractivity contribution in [1.29, 1.82) is 0 Å². The minimum absolute atomic E-state index is 0.101. The first-order valence-corrected chi connectivity index (χ1v) is 13.3. The van der Waals surface area contributed by atoms with Crippen LogP contribution in [0.15, 0.2) is 75.8 Å². The van der Waals surface area contributed by atoms with Gasteiger partial charge in [0.15, 0.2) is 5.75 Å². The maximum atomic E-state index is 13.2. The summed E-state index contributed by atoms with van der Waals surface area (Å²) >= 11 is 12.5. The lowest BCUT2D eigenvalue weighted by Crippen LogP contribution is -2.13. The van der Waals surface area contributed by atoms with E-state index in [1.165, 1.54) is 25.3 Å². The van der Waals surface area contributed by atoms with Crippen LogP contribution in [-0.2, 0) is 16.5 Å². The monoisotopic (exact) mass is 573 g/mol. The van der Waals surface area contributed by atoms with Gasteiger partial charge in [0.1, 0.15) is 27.7 Å². The first kappa shape index (κ1) is 27.3. The van der Waals surface area contributed by atoms with E-state index in [0.717, 1.165) is 0 Å². The number of fused-ring (bicyclic) bond motifs is 1. The van der Waals surface area contributed by atoms with Crippen molar-refractivity contribution in [3.63, 3.8) is 0 Å². The highest BCUT2D eigenvalue weighted by molar-refractivity contribution is 7.86. The molecule has 0 saturated heterocycles. The number of aryl methyl sites for hydroxylation is 1. The van der Waals surface area contributed by atoms with Crippen molar-refractivity contribution in [3.8, 4) is 11.5 Å². The zero-order chi connectivity index (χ0) is 27.6. The molecule has 0 radical (unpaired) electrons. The molecular weight excluding hydrogens is 553 g/mol. The van der Waals surface area contributed by atoms with Crippen molar-refractivity contribution in [2.45, 2.75) is 18.2 Å². The Bertz CT molecular complexity index is 1710. The predicted molar refractivity (Wildman–Crippen MR) is 146 cm³/mol. The summed E-state index contributed by atoms with van der Waals surface area (Å²) in [5.74, 6) is -0.901. The third kappa shape index (κ3) is 5.44. The topological polar surface area (TPSA) is 138 Å². The Kier molecular flexibility index (Phi) is 7.89. The van der Waals surface area contributed by atoms with Crippen LogP contribution >= 0.6 is 23.2 Å². The van der Waals surface area contributed by atoms with E-state index in [-0.39, 0.29) is 32.7 Å². The van der Waals surface area contributed by atoms with Crippen LogP contribution in [0.1, 0.15) is 22.8 Å². The number of amides is 1. The lowest BCUT2D eigenvalue weighted by atomic mass is 10.0. The number of para-hydroxylation sites is 1. The van der Waals surface area contributed by atoms with E-state index in [9.17, 15) is 22.9 Å². The highest BCUT2D eigenvalue weighted by Gasteiger charge is 2.22. The number of nitrogens with one attached hydrogen (secondary N) is 1. The molecule has 3 N–H and O–H groups in total. The number of benzene rings is 4. The van der Waals surface area contributed by atoms with Crippen LogP contribution in [0, 0.1) is 0 Å². The number of anilines is 1. The van der Waals surface area contributed by atoms with Gasteiger partial charge in [-0.2, -0.15) is 8.42 Å². The molecule has 0 aliphatic carbocycles. The lowest BCUT2D eigenvalue weighted by Gasteiger charge is -2.14. The van der Waals surface area contributed by atoms with E-state index in [0.29, 0.717) is 28.5 Å². The molecule has 4 aromatic rings. The minimum Gasteiger partial charge on any atom is -0.505 e. The van der Waals surface area contributed by atoms with Crippen molar-refractivity contribution < 1.29 is 27.6 Å². The highest BCUT2D eigenvalue weighted by Crippen LogP contribution is 2.41. The summed E-state index contributed by atoms with van der Waals surface area (Å²) in [6.07, 6.45) is 0.414. The van der Waals surface area contributed by atoms with Crippen molar-refractivity contribution >= 4 is 67.1 Å². The lowest BCUT2D eigenvalue weighted by molar-refractivity contribution is 0.102. The molecule has 0 aliphatic rings. The molecule has 38 heavy (non-hydrogen) atoms. The summed E-state index contributed by atoms with van der Waals surface area (Å²) < 4.78 is 39.0. The molecule has 0 spiro atoms. The normalized spacial score (nSPS) is 11.7. The zero-order valence-corrected chi connectivity index (χ0v) is 22.4. The number of hydrogen-bond acceptors (Lipinski definition) is 7. The molecule has 0 heterocycles. The number of phenolic OH excluding ortho intramolecular Hbond substituents is 1. The smallest absolute Gasteiger partial charge is 0.296 e. The second-order valence-corrected chi connectivity index (χ2v) is 10.3. The van der Waals surface area contributed by atoms with Gasteiger partial charge in [0.05, 0.1) is 17.7 Å². The Hall–Kier alpha value is -3.70. The number of azo groups is 1. The number of aromatic hydroxyl groups is 1. The predicted octanol–water partition coefficient (Wildman–Crippen LogP) is 7.34. The molecule has 0 aromatic heterocycles. The summed E-state index contributed by atoms with van der Waals surface area (Å²) in [6.45, 7) is 1.77. The number of ether oxygens (including phenoxy) is 1. The van der Waals surface area contributed by atoms with Gasteiger partial charge in [-0.15, -0.1) is 10.2 Å². The van der Waals surface area contributed by atoms with Gasteiger partial charge in [-0.25, -0.2) is 0 Å². The second kappa shape index (κ2) is 11.0. The second-order valence-electron chi connectivity index (χ2n) is 8.05. The molecular formula is C26H21Cl2N3O6S. The van der Waals surface area contributed by atoms with Gasteiger partial charge in [0.25, 0.3) is 16.0 Å². The van der Waals surface area contributed by atoms with Gasteiger partial charge < -0.3 is 15.2 Å². The fraction of sp³-hybridized carbons (Fsp3) is 0.115. The largest absolute Gasteiger partial charge is 0.505 e. The van der Waals surface area contributed by atoms with Crippen LogP contribution in [0.3, 0.4) is 0 Å².